The van der Waals surface area contributed by atoms with Crippen LogP contribution in [0.4, 0.5) is 5.69 Å². The van der Waals surface area contributed by atoms with Crippen molar-refractivity contribution in [1.82, 2.24) is 15.1 Å². The molecule has 2 N–H and O–H groups in total. The first-order chi connectivity index (χ1) is 10.8. The van der Waals surface area contributed by atoms with Crippen LogP contribution < -0.4 is 10.6 Å². The zero-order valence-corrected chi connectivity index (χ0v) is 14.9. The Hall–Kier alpha value is -2.15. The molecule has 0 radical (unpaired) electrons. The molecule has 2 aromatic rings. The first-order valence-electron chi connectivity index (χ1n) is 7.55. The van der Waals surface area contributed by atoms with Crippen molar-refractivity contribution in [3.63, 3.8) is 0 Å². The number of nitrogens with one attached hydrogen (secondary N) is 2. The van der Waals surface area contributed by atoms with Crippen molar-refractivity contribution in [2.24, 2.45) is 0 Å². The van der Waals surface area contributed by atoms with Crippen molar-refractivity contribution in [3.05, 3.63) is 33.3 Å². The van der Waals surface area contributed by atoms with Gasteiger partial charge in [-0.15, -0.1) is 11.3 Å². The zero-order valence-electron chi connectivity index (χ0n) is 14.1. The third-order valence-electron chi connectivity index (χ3n) is 3.66. The maximum absolute atomic E-state index is 12.1. The first-order valence-corrected chi connectivity index (χ1v) is 8.37. The van der Waals surface area contributed by atoms with Crippen molar-refractivity contribution in [2.75, 3.05) is 5.32 Å². The van der Waals surface area contributed by atoms with Crippen molar-refractivity contribution in [1.29, 1.82) is 0 Å². The largest absolute Gasteiger partial charge is 0.340 e. The van der Waals surface area contributed by atoms with E-state index in [0.717, 1.165) is 10.6 Å². The minimum Gasteiger partial charge on any atom is -0.340 e. The van der Waals surface area contributed by atoms with Gasteiger partial charge in [-0.3, -0.25) is 14.3 Å². The highest BCUT2D eigenvalue weighted by Gasteiger charge is 2.21. The van der Waals surface area contributed by atoms with Gasteiger partial charge in [0.2, 0.25) is 0 Å². The molecule has 0 aliphatic rings. The van der Waals surface area contributed by atoms with Gasteiger partial charge in [0, 0.05) is 16.3 Å². The van der Waals surface area contributed by atoms with Crippen LogP contribution in [0.2, 0.25) is 0 Å². The summed E-state index contributed by atoms with van der Waals surface area (Å²) in [6.07, 6.45) is 0. The van der Waals surface area contributed by atoms with E-state index in [0.29, 0.717) is 17.9 Å². The highest BCUT2D eigenvalue weighted by molar-refractivity contribution is 7.12. The van der Waals surface area contributed by atoms with Crippen LogP contribution in [0.15, 0.2) is 12.1 Å². The van der Waals surface area contributed by atoms with Gasteiger partial charge in [-0.2, -0.15) is 5.10 Å². The van der Waals surface area contributed by atoms with Crippen LogP contribution in [-0.2, 0) is 16.1 Å². The molecule has 0 fully saturated rings. The average Bonchev–Trinajstić information content (AvgIpc) is 3.05. The zero-order chi connectivity index (χ0) is 17.1. The number of nitrogens with zero attached hydrogens (tertiary/aromatic N) is 2. The lowest BCUT2D eigenvalue weighted by Gasteiger charge is -2.12. The molecule has 6 nitrogen and oxygen atoms in total. The van der Waals surface area contributed by atoms with Crippen molar-refractivity contribution in [3.8, 4) is 0 Å². The Morgan fingerprint density at radius 2 is 1.96 bits per heavy atom. The van der Waals surface area contributed by atoms with Gasteiger partial charge in [0.1, 0.15) is 0 Å². The molecule has 0 bridgehead atoms. The number of anilines is 1. The molecule has 0 aliphatic heterocycles. The maximum Gasteiger partial charge on any atom is 0.313 e. The molecule has 0 saturated heterocycles. The molecule has 2 amide bonds. The normalized spacial score (nSPS) is 12.0. The van der Waals surface area contributed by atoms with Crippen LogP contribution in [0.3, 0.4) is 0 Å². The summed E-state index contributed by atoms with van der Waals surface area (Å²) in [6, 6.07) is 3.75. The predicted molar refractivity (Wildman–Crippen MR) is 91.6 cm³/mol. The molecule has 0 spiro atoms. The van der Waals surface area contributed by atoms with Crippen LogP contribution in [-0.4, -0.2) is 21.6 Å². The van der Waals surface area contributed by atoms with Gasteiger partial charge in [-0.25, -0.2) is 0 Å². The number of thiophene rings is 1. The van der Waals surface area contributed by atoms with Gasteiger partial charge in [0.15, 0.2) is 0 Å². The predicted octanol–water partition coefficient (Wildman–Crippen LogP) is 2.71. The van der Waals surface area contributed by atoms with Gasteiger partial charge in [-0.05, 0) is 46.8 Å². The number of aryl methyl sites for hydroxylation is 3. The van der Waals surface area contributed by atoms with Crippen molar-refractivity contribution in [2.45, 2.75) is 47.2 Å². The second kappa shape index (κ2) is 6.95. The van der Waals surface area contributed by atoms with Crippen molar-refractivity contribution >= 4 is 28.8 Å². The Morgan fingerprint density at radius 1 is 1.26 bits per heavy atom. The lowest BCUT2D eigenvalue weighted by atomic mass is 10.2. The summed E-state index contributed by atoms with van der Waals surface area (Å²) < 4.78 is 1.79. The van der Waals surface area contributed by atoms with Crippen LogP contribution in [0.5, 0.6) is 0 Å². The van der Waals surface area contributed by atoms with E-state index in [-0.39, 0.29) is 6.04 Å². The number of hydrogen-bond acceptors (Lipinski definition) is 4. The summed E-state index contributed by atoms with van der Waals surface area (Å²) in [5.74, 6) is -1.32. The first kappa shape index (κ1) is 17.2. The van der Waals surface area contributed by atoms with E-state index in [1.165, 1.54) is 4.88 Å². The van der Waals surface area contributed by atoms with E-state index in [1.807, 2.05) is 46.8 Å². The molecule has 23 heavy (non-hydrogen) atoms. The smallest absolute Gasteiger partial charge is 0.313 e. The number of rotatable bonds is 4. The molecule has 124 valence electrons. The average molecular weight is 334 g/mol. The molecule has 2 rings (SSSR count). The van der Waals surface area contributed by atoms with E-state index < -0.39 is 11.8 Å². The van der Waals surface area contributed by atoms with Gasteiger partial charge in [0.05, 0.1) is 23.1 Å². The van der Waals surface area contributed by atoms with E-state index in [1.54, 1.807) is 16.0 Å². The van der Waals surface area contributed by atoms with E-state index in [2.05, 4.69) is 15.7 Å². The summed E-state index contributed by atoms with van der Waals surface area (Å²) in [5.41, 5.74) is 2.15. The molecular weight excluding hydrogens is 312 g/mol. The molecule has 1 unspecified atom stereocenters. The number of aromatic nitrogens is 2. The fraction of sp³-hybridized carbons (Fsp3) is 0.438. The molecule has 7 heteroatoms. The summed E-state index contributed by atoms with van der Waals surface area (Å²) in [5, 5.41) is 9.71. The quantitative estimate of drug-likeness (QED) is 0.844. The monoisotopic (exact) mass is 334 g/mol. The molecule has 1 atom stereocenters. The third-order valence-corrected chi connectivity index (χ3v) is 4.84. The van der Waals surface area contributed by atoms with Crippen LogP contribution in [0, 0.1) is 20.8 Å². The summed E-state index contributed by atoms with van der Waals surface area (Å²) >= 11 is 1.60. The minimum absolute atomic E-state index is 0.201. The van der Waals surface area contributed by atoms with Gasteiger partial charge in [-0.1, -0.05) is 0 Å². The molecule has 0 saturated carbocycles. The van der Waals surface area contributed by atoms with Crippen LogP contribution in [0.25, 0.3) is 0 Å². The van der Waals surface area contributed by atoms with Crippen LogP contribution >= 0.6 is 11.3 Å². The Kier molecular flexibility index (Phi) is 5.20. The second-order valence-electron chi connectivity index (χ2n) is 5.46. The Morgan fingerprint density at radius 3 is 2.48 bits per heavy atom. The van der Waals surface area contributed by atoms with E-state index in [9.17, 15) is 9.59 Å². The Balaban J connectivity index is 2.03. The maximum atomic E-state index is 12.1. The molecule has 2 heterocycles. The number of carbonyl (C=O) groups is 2. The van der Waals surface area contributed by atoms with E-state index >= 15 is 0 Å². The molecule has 0 aromatic carbocycles. The van der Waals surface area contributed by atoms with Crippen LogP contribution in [0.1, 0.15) is 41.0 Å². The molecule has 0 aliphatic carbocycles. The third kappa shape index (κ3) is 3.79. The summed E-state index contributed by atoms with van der Waals surface area (Å²) in [7, 11) is 0. The number of hydrogen-bond donors (Lipinski definition) is 2. The lowest BCUT2D eigenvalue weighted by molar-refractivity contribution is -0.136. The fourth-order valence-corrected chi connectivity index (χ4v) is 3.26. The summed E-state index contributed by atoms with van der Waals surface area (Å²) in [6.45, 7) is 10.2. The van der Waals surface area contributed by atoms with Gasteiger partial charge in [0.25, 0.3) is 0 Å². The SMILES string of the molecule is CCn1nc(C)c(NC(=O)C(=O)NC(C)c2ccc(C)s2)c1C. The fourth-order valence-electron chi connectivity index (χ4n) is 2.38. The molecular formula is C16H22N4O2S. The molecule has 2 aromatic heterocycles. The minimum atomic E-state index is -0.674. The topological polar surface area (TPSA) is 76.0 Å². The van der Waals surface area contributed by atoms with Gasteiger partial charge < -0.3 is 10.6 Å². The highest BCUT2D eigenvalue weighted by atomic mass is 32.1. The standard InChI is InChI=1S/C16H22N4O2S/c1-6-20-12(5)14(11(4)19-20)18-16(22)15(21)17-10(3)13-8-7-9(2)23-13/h7-8,10H,6H2,1-5H3,(H,17,21)(H,18,22). The Labute approximate surface area is 139 Å². The lowest BCUT2D eigenvalue weighted by Crippen LogP contribution is -2.36. The van der Waals surface area contributed by atoms with Crippen molar-refractivity contribution < 1.29 is 9.59 Å². The second-order valence-corrected chi connectivity index (χ2v) is 6.78. The highest BCUT2D eigenvalue weighted by Crippen LogP contribution is 2.22. The van der Waals surface area contributed by atoms with E-state index in [4.69, 9.17) is 0 Å². The number of carbonyl (C=O) groups excluding carboxylic acids is 2. The van der Waals surface area contributed by atoms with Gasteiger partial charge >= 0.3 is 11.8 Å². The Bertz CT molecular complexity index is 733. The number of amides is 2. The summed E-state index contributed by atoms with van der Waals surface area (Å²) in [4.78, 5) is 26.4.